The molecule has 0 amide bonds. The first-order valence-electron chi connectivity index (χ1n) is 6.98. The lowest BCUT2D eigenvalue weighted by Gasteiger charge is -2.21. The van der Waals surface area contributed by atoms with Crippen molar-refractivity contribution < 1.29 is 0 Å². The summed E-state index contributed by atoms with van der Waals surface area (Å²) >= 11 is 0. The van der Waals surface area contributed by atoms with Gasteiger partial charge in [0.2, 0.25) is 0 Å². The minimum Gasteiger partial charge on any atom is -0.370 e. The van der Waals surface area contributed by atoms with Gasteiger partial charge in [-0.2, -0.15) is 0 Å². The number of hydrogen-bond donors (Lipinski definition) is 2. The van der Waals surface area contributed by atoms with Crippen LogP contribution in [0.1, 0.15) is 26.1 Å². The standard InChI is InChI=1S/C14H27N5/c1-11(2)10-19(5)14-9-13(17-12(3)18-14)16-8-6-7-15-4/h9,11,15H,6-8,10H2,1-5H3,(H,16,17,18). The summed E-state index contributed by atoms with van der Waals surface area (Å²) in [7, 11) is 4.04. The monoisotopic (exact) mass is 265 g/mol. The molecule has 1 heterocycles. The number of rotatable bonds is 8. The lowest BCUT2D eigenvalue weighted by molar-refractivity contribution is 0.633. The molecule has 0 fully saturated rings. The molecular formula is C14H27N5. The highest BCUT2D eigenvalue weighted by Gasteiger charge is 2.07. The third-order valence-corrected chi connectivity index (χ3v) is 2.76. The smallest absolute Gasteiger partial charge is 0.134 e. The Morgan fingerprint density at radius 1 is 1.26 bits per heavy atom. The van der Waals surface area contributed by atoms with Crippen LogP contribution in [0, 0.1) is 12.8 Å². The molecule has 2 N–H and O–H groups in total. The highest BCUT2D eigenvalue weighted by atomic mass is 15.2. The SMILES string of the molecule is CNCCCNc1cc(N(C)CC(C)C)nc(C)n1. The van der Waals surface area contributed by atoms with E-state index in [4.69, 9.17) is 0 Å². The number of hydrogen-bond acceptors (Lipinski definition) is 5. The molecule has 0 spiro atoms. The van der Waals surface area contributed by atoms with Crippen molar-refractivity contribution in [2.24, 2.45) is 5.92 Å². The lowest BCUT2D eigenvalue weighted by atomic mass is 10.2. The largest absolute Gasteiger partial charge is 0.370 e. The minimum atomic E-state index is 0.618. The molecule has 0 atom stereocenters. The summed E-state index contributed by atoms with van der Waals surface area (Å²) in [4.78, 5) is 11.1. The van der Waals surface area contributed by atoms with Gasteiger partial charge >= 0.3 is 0 Å². The van der Waals surface area contributed by atoms with Gasteiger partial charge < -0.3 is 15.5 Å². The van der Waals surface area contributed by atoms with Crippen molar-refractivity contribution in [1.29, 1.82) is 0 Å². The van der Waals surface area contributed by atoms with Gasteiger partial charge in [-0.05, 0) is 32.9 Å². The number of aromatic nitrogens is 2. The van der Waals surface area contributed by atoms with Crippen molar-refractivity contribution in [3.63, 3.8) is 0 Å². The van der Waals surface area contributed by atoms with Crippen LogP contribution in [0.4, 0.5) is 11.6 Å². The molecule has 0 aliphatic rings. The molecule has 1 aromatic heterocycles. The molecule has 0 aromatic carbocycles. The van der Waals surface area contributed by atoms with E-state index in [1.165, 1.54) is 0 Å². The first-order chi connectivity index (χ1) is 9.02. The van der Waals surface area contributed by atoms with Crippen molar-refractivity contribution >= 4 is 11.6 Å². The molecule has 0 aliphatic carbocycles. The second-order valence-corrected chi connectivity index (χ2v) is 5.32. The van der Waals surface area contributed by atoms with Crippen LogP contribution >= 0.6 is 0 Å². The highest BCUT2D eigenvalue weighted by molar-refractivity contribution is 5.48. The van der Waals surface area contributed by atoms with Gasteiger partial charge in [-0.15, -0.1) is 0 Å². The zero-order valence-corrected chi connectivity index (χ0v) is 12.8. The van der Waals surface area contributed by atoms with Crippen LogP contribution in [0.15, 0.2) is 6.07 Å². The molecular weight excluding hydrogens is 238 g/mol. The van der Waals surface area contributed by atoms with E-state index in [2.05, 4.69) is 46.4 Å². The molecule has 0 unspecified atom stereocenters. The molecule has 1 rings (SSSR count). The van der Waals surface area contributed by atoms with Gasteiger partial charge in [-0.3, -0.25) is 0 Å². The maximum atomic E-state index is 4.49. The molecule has 19 heavy (non-hydrogen) atoms. The van der Waals surface area contributed by atoms with Gasteiger partial charge in [-0.1, -0.05) is 13.8 Å². The average molecular weight is 265 g/mol. The third-order valence-electron chi connectivity index (χ3n) is 2.76. The minimum absolute atomic E-state index is 0.618. The summed E-state index contributed by atoms with van der Waals surface area (Å²) in [5, 5.41) is 6.49. The molecule has 0 saturated heterocycles. The van der Waals surface area contributed by atoms with Gasteiger partial charge in [0.15, 0.2) is 0 Å². The summed E-state index contributed by atoms with van der Waals surface area (Å²) in [6, 6.07) is 2.02. The zero-order chi connectivity index (χ0) is 14.3. The van der Waals surface area contributed by atoms with E-state index in [1.54, 1.807) is 0 Å². The Bertz CT molecular complexity index is 378. The lowest BCUT2D eigenvalue weighted by Crippen LogP contribution is -2.24. The van der Waals surface area contributed by atoms with Crippen LogP contribution < -0.4 is 15.5 Å². The van der Waals surface area contributed by atoms with E-state index in [9.17, 15) is 0 Å². The second kappa shape index (κ2) is 7.94. The van der Waals surface area contributed by atoms with Crippen LogP contribution in [0.2, 0.25) is 0 Å². The van der Waals surface area contributed by atoms with E-state index in [0.29, 0.717) is 5.92 Å². The van der Waals surface area contributed by atoms with E-state index in [-0.39, 0.29) is 0 Å². The number of anilines is 2. The van der Waals surface area contributed by atoms with Crippen LogP contribution in [0.5, 0.6) is 0 Å². The van der Waals surface area contributed by atoms with Crippen LogP contribution in [0.3, 0.4) is 0 Å². The Kier molecular flexibility index (Phi) is 6.56. The molecule has 0 aliphatic heterocycles. The highest BCUT2D eigenvalue weighted by Crippen LogP contribution is 2.15. The fraction of sp³-hybridized carbons (Fsp3) is 0.714. The van der Waals surface area contributed by atoms with Crippen molar-refractivity contribution in [2.75, 3.05) is 43.9 Å². The quantitative estimate of drug-likeness (QED) is 0.703. The summed E-state index contributed by atoms with van der Waals surface area (Å²) in [5.41, 5.74) is 0. The van der Waals surface area contributed by atoms with E-state index in [0.717, 1.165) is 43.5 Å². The summed E-state index contributed by atoms with van der Waals surface area (Å²) in [6.07, 6.45) is 1.08. The van der Waals surface area contributed by atoms with Crippen LogP contribution in [0.25, 0.3) is 0 Å². The first-order valence-corrected chi connectivity index (χ1v) is 6.98. The molecule has 5 nitrogen and oxygen atoms in total. The maximum absolute atomic E-state index is 4.49. The average Bonchev–Trinajstić information content (AvgIpc) is 2.33. The Hall–Kier alpha value is -1.36. The van der Waals surface area contributed by atoms with Gasteiger partial charge in [0.25, 0.3) is 0 Å². The molecule has 5 heteroatoms. The Morgan fingerprint density at radius 3 is 2.63 bits per heavy atom. The molecule has 0 bridgehead atoms. The van der Waals surface area contributed by atoms with E-state index < -0.39 is 0 Å². The van der Waals surface area contributed by atoms with E-state index in [1.807, 2.05) is 20.0 Å². The van der Waals surface area contributed by atoms with Crippen molar-refractivity contribution in [2.45, 2.75) is 27.2 Å². The Balaban J connectivity index is 2.65. The number of nitrogens with zero attached hydrogens (tertiary/aromatic N) is 3. The first kappa shape index (κ1) is 15.7. The summed E-state index contributed by atoms with van der Waals surface area (Å²) < 4.78 is 0. The fourth-order valence-corrected chi connectivity index (χ4v) is 1.96. The third kappa shape index (κ3) is 5.87. The molecule has 108 valence electrons. The molecule has 0 saturated carbocycles. The van der Waals surface area contributed by atoms with Crippen LogP contribution in [-0.4, -0.2) is 43.7 Å². The van der Waals surface area contributed by atoms with Crippen molar-refractivity contribution in [1.82, 2.24) is 15.3 Å². The predicted octanol–water partition coefficient (Wildman–Crippen LogP) is 1.90. The predicted molar refractivity (Wildman–Crippen MR) is 81.9 cm³/mol. The van der Waals surface area contributed by atoms with Gasteiger partial charge in [0.05, 0.1) is 0 Å². The van der Waals surface area contributed by atoms with Gasteiger partial charge in [0.1, 0.15) is 17.5 Å². The maximum Gasteiger partial charge on any atom is 0.134 e. The summed E-state index contributed by atoms with van der Waals surface area (Å²) in [6.45, 7) is 9.28. The van der Waals surface area contributed by atoms with E-state index >= 15 is 0 Å². The topological polar surface area (TPSA) is 53.1 Å². The molecule has 0 radical (unpaired) electrons. The van der Waals surface area contributed by atoms with Crippen LogP contribution in [-0.2, 0) is 0 Å². The number of nitrogens with one attached hydrogen (secondary N) is 2. The fourth-order valence-electron chi connectivity index (χ4n) is 1.96. The van der Waals surface area contributed by atoms with Gasteiger partial charge in [0, 0.05) is 26.2 Å². The van der Waals surface area contributed by atoms with Crippen molar-refractivity contribution in [3.8, 4) is 0 Å². The number of aryl methyl sites for hydroxylation is 1. The van der Waals surface area contributed by atoms with Crippen molar-refractivity contribution in [3.05, 3.63) is 11.9 Å². The zero-order valence-electron chi connectivity index (χ0n) is 12.8. The Labute approximate surface area is 116 Å². The second-order valence-electron chi connectivity index (χ2n) is 5.32. The normalized spacial score (nSPS) is 10.8. The van der Waals surface area contributed by atoms with Gasteiger partial charge in [-0.25, -0.2) is 9.97 Å². The molecule has 1 aromatic rings. The summed E-state index contributed by atoms with van der Waals surface area (Å²) in [5.74, 6) is 3.32. The Morgan fingerprint density at radius 2 is 2.00 bits per heavy atom.